The summed E-state index contributed by atoms with van der Waals surface area (Å²) in [6.45, 7) is 3.11. The van der Waals surface area contributed by atoms with E-state index < -0.39 is 6.04 Å². The summed E-state index contributed by atoms with van der Waals surface area (Å²) in [6.07, 6.45) is 0.845. The van der Waals surface area contributed by atoms with E-state index in [0.717, 1.165) is 0 Å². The highest BCUT2D eigenvalue weighted by Gasteiger charge is 2.10. The van der Waals surface area contributed by atoms with Crippen LogP contribution < -0.4 is 16.4 Å². The molecule has 0 aromatic heterocycles. The summed E-state index contributed by atoms with van der Waals surface area (Å²) >= 11 is 0. The zero-order chi connectivity index (χ0) is 12.4. The normalized spacial score (nSPS) is 11.9. The largest absolute Gasteiger partial charge is 0.383 e. The topological polar surface area (TPSA) is 93.5 Å². The van der Waals surface area contributed by atoms with E-state index in [1.165, 1.54) is 0 Å². The number of nitrogens with one attached hydrogen (secondary N) is 2. The Balaban J connectivity index is 3.50. The van der Waals surface area contributed by atoms with Crippen molar-refractivity contribution >= 4 is 11.8 Å². The molecule has 2 amide bonds. The molecule has 0 fully saturated rings. The minimum Gasteiger partial charge on any atom is -0.383 e. The van der Waals surface area contributed by atoms with E-state index in [9.17, 15) is 9.59 Å². The van der Waals surface area contributed by atoms with Crippen molar-refractivity contribution in [3.05, 3.63) is 0 Å². The van der Waals surface area contributed by atoms with E-state index in [1.807, 2.05) is 6.92 Å². The Labute approximate surface area is 95.9 Å². The van der Waals surface area contributed by atoms with Crippen molar-refractivity contribution in [2.45, 2.75) is 25.8 Å². The first-order chi connectivity index (χ1) is 7.61. The number of carbonyl (C=O) groups excluding carboxylic acids is 2. The van der Waals surface area contributed by atoms with E-state index in [0.29, 0.717) is 26.1 Å². The minimum atomic E-state index is -0.489. The maximum atomic E-state index is 11.2. The quantitative estimate of drug-likeness (QED) is 0.467. The van der Waals surface area contributed by atoms with Crippen LogP contribution in [0, 0.1) is 0 Å². The summed E-state index contributed by atoms with van der Waals surface area (Å²) in [7, 11) is 1.57. The average Bonchev–Trinajstić information content (AvgIpc) is 2.28. The maximum absolute atomic E-state index is 11.2. The van der Waals surface area contributed by atoms with Crippen molar-refractivity contribution in [2.24, 2.45) is 5.73 Å². The van der Waals surface area contributed by atoms with Gasteiger partial charge in [0.15, 0.2) is 0 Å². The first-order valence-electron chi connectivity index (χ1n) is 5.40. The fourth-order valence-electron chi connectivity index (χ4n) is 0.997. The van der Waals surface area contributed by atoms with Crippen molar-refractivity contribution in [1.29, 1.82) is 0 Å². The van der Waals surface area contributed by atoms with Gasteiger partial charge in [-0.3, -0.25) is 9.59 Å². The Morgan fingerprint density at radius 3 is 2.56 bits per heavy atom. The molecule has 0 aromatic carbocycles. The highest BCUT2D eigenvalue weighted by Crippen LogP contribution is 1.86. The lowest BCUT2D eigenvalue weighted by Crippen LogP contribution is -2.41. The van der Waals surface area contributed by atoms with Crippen molar-refractivity contribution in [2.75, 3.05) is 26.8 Å². The molecule has 0 rings (SSSR count). The van der Waals surface area contributed by atoms with Crippen LogP contribution in [0.3, 0.4) is 0 Å². The second-order valence-electron chi connectivity index (χ2n) is 3.40. The van der Waals surface area contributed by atoms with Crippen LogP contribution in [0.5, 0.6) is 0 Å². The second-order valence-corrected chi connectivity index (χ2v) is 3.40. The number of ether oxygens (including phenoxy) is 1. The molecule has 0 heterocycles. The van der Waals surface area contributed by atoms with Crippen LogP contribution in [-0.4, -0.2) is 44.7 Å². The number of rotatable bonds is 8. The van der Waals surface area contributed by atoms with Gasteiger partial charge in [0.1, 0.15) is 0 Å². The number of hydrogen-bond donors (Lipinski definition) is 3. The number of amides is 2. The van der Waals surface area contributed by atoms with E-state index in [1.54, 1.807) is 7.11 Å². The van der Waals surface area contributed by atoms with E-state index >= 15 is 0 Å². The summed E-state index contributed by atoms with van der Waals surface area (Å²) in [6, 6.07) is -0.489. The van der Waals surface area contributed by atoms with Crippen LogP contribution in [0.15, 0.2) is 0 Å². The zero-order valence-electron chi connectivity index (χ0n) is 9.91. The Bertz CT molecular complexity index is 221. The molecule has 0 saturated heterocycles. The molecule has 0 aromatic rings. The molecule has 94 valence electrons. The summed E-state index contributed by atoms with van der Waals surface area (Å²) in [5.74, 6) is -0.324. The molecule has 0 aliphatic carbocycles. The van der Waals surface area contributed by atoms with Gasteiger partial charge in [-0.25, -0.2) is 0 Å². The summed E-state index contributed by atoms with van der Waals surface area (Å²) in [4.78, 5) is 22.4. The molecule has 0 radical (unpaired) electrons. The van der Waals surface area contributed by atoms with Crippen LogP contribution in [0.2, 0.25) is 0 Å². The Morgan fingerprint density at radius 1 is 1.31 bits per heavy atom. The van der Waals surface area contributed by atoms with Crippen LogP contribution in [0.1, 0.15) is 19.8 Å². The molecule has 0 aliphatic heterocycles. The summed E-state index contributed by atoms with van der Waals surface area (Å²) < 4.78 is 4.78. The van der Waals surface area contributed by atoms with E-state index in [2.05, 4.69) is 10.6 Å². The fourth-order valence-corrected chi connectivity index (χ4v) is 0.997. The molecule has 6 nitrogen and oxygen atoms in total. The number of carbonyl (C=O) groups is 2. The van der Waals surface area contributed by atoms with Gasteiger partial charge in [-0.1, -0.05) is 6.92 Å². The Kier molecular flexibility index (Phi) is 8.46. The molecular weight excluding hydrogens is 210 g/mol. The predicted octanol–water partition coefficient (Wildman–Crippen LogP) is -1.01. The zero-order valence-corrected chi connectivity index (χ0v) is 9.91. The summed E-state index contributed by atoms with van der Waals surface area (Å²) in [5, 5.41) is 5.25. The molecule has 0 saturated carbocycles. The first kappa shape index (κ1) is 14.9. The Hall–Kier alpha value is -1.14. The van der Waals surface area contributed by atoms with E-state index in [4.69, 9.17) is 10.5 Å². The number of methoxy groups -OCH3 is 1. The monoisotopic (exact) mass is 231 g/mol. The van der Waals surface area contributed by atoms with Crippen LogP contribution >= 0.6 is 0 Å². The van der Waals surface area contributed by atoms with Crippen molar-refractivity contribution in [3.63, 3.8) is 0 Å². The van der Waals surface area contributed by atoms with Gasteiger partial charge in [0.2, 0.25) is 11.8 Å². The van der Waals surface area contributed by atoms with Gasteiger partial charge in [0.05, 0.1) is 12.6 Å². The SMILES string of the molecule is CC[C@@H](N)C(=O)NCCC(=O)NCCOC. The first-order valence-corrected chi connectivity index (χ1v) is 5.40. The van der Waals surface area contributed by atoms with Gasteiger partial charge in [-0.2, -0.15) is 0 Å². The maximum Gasteiger partial charge on any atom is 0.236 e. The van der Waals surface area contributed by atoms with Gasteiger partial charge >= 0.3 is 0 Å². The summed E-state index contributed by atoms with van der Waals surface area (Å²) in [5.41, 5.74) is 5.50. The molecule has 1 atom stereocenters. The lowest BCUT2D eigenvalue weighted by Gasteiger charge is -2.09. The van der Waals surface area contributed by atoms with Crippen molar-refractivity contribution in [1.82, 2.24) is 10.6 Å². The lowest BCUT2D eigenvalue weighted by atomic mass is 10.2. The van der Waals surface area contributed by atoms with Gasteiger partial charge in [0, 0.05) is 26.6 Å². The van der Waals surface area contributed by atoms with Crippen molar-refractivity contribution < 1.29 is 14.3 Å². The highest BCUT2D eigenvalue weighted by atomic mass is 16.5. The molecule has 0 unspecified atom stereocenters. The predicted molar refractivity (Wildman–Crippen MR) is 60.8 cm³/mol. The van der Waals surface area contributed by atoms with E-state index in [-0.39, 0.29) is 18.2 Å². The molecular formula is C10H21N3O3. The standard InChI is InChI=1S/C10H21N3O3/c1-3-8(11)10(15)13-5-4-9(14)12-6-7-16-2/h8H,3-7,11H2,1-2H3,(H,12,14)(H,13,15)/t8-/m1/s1. The van der Waals surface area contributed by atoms with Crippen LogP contribution in [0.4, 0.5) is 0 Å². The molecule has 0 aliphatic rings. The molecule has 16 heavy (non-hydrogen) atoms. The third-order valence-corrected chi connectivity index (χ3v) is 2.06. The number of hydrogen-bond acceptors (Lipinski definition) is 4. The molecule has 0 bridgehead atoms. The molecule has 6 heteroatoms. The smallest absolute Gasteiger partial charge is 0.236 e. The van der Waals surface area contributed by atoms with Gasteiger partial charge in [0.25, 0.3) is 0 Å². The number of nitrogens with two attached hydrogens (primary N) is 1. The fraction of sp³-hybridized carbons (Fsp3) is 0.800. The molecule has 4 N–H and O–H groups in total. The molecule has 0 spiro atoms. The van der Waals surface area contributed by atoms with Crippen molar-refractivity contribution in [3.8, 4) is 0 Å². The third kappa shape index (κ3) is 7.19. The van der Waals surface area contributed by atoms with Crippen LogP contribution in [-0.2, 0) is 14.3 Å². The average molecular weight is 231 g/mol. The van der Waals surface area contributed by atoms with Gasteiger partial charge in [-0.05, 0) is 6.42 Å². The Morgan fingerprint density at radius 2 is 2.00 bits per heavy atom. The minimum absolute atomic E-state index is 0.109. The van der Waals surface area contributed by atoms with Crippen LogP contribution in [0.25, 0.3) is 0 Å². The second kappa shape index (κ2) is 9.11. The van der Waals surface area contributed by atoms with Gasteiger partial charge in [-0.15, -0.1) is 0 Å². The van der Waals surface area contributed by atoms with Gasteiger partial charge < -0.3 is 21.1 Å². The highest BCUT2D eigenvalue weighted by molar-refractivity contribution is 5.82. The third-order valence-electron chi connectivity index (χ3n) is 2.06. The lowest BCUT2D eigenvalue weighted by molar-refractivity contribution is -0.123.